The Morgan fingerprint density at radius 1 is 0.806 bits per heavy atom. The number of rotatable bonds is 6. The number of aliphatic hydroxyl groups is 4. The van der Waals surface area contributed by atoms with Gasteiger partial charge in [-0.05, 0) is 36.4 Å². The van der Waals surface area contributed by atoms with Crippen molar-refractivity contribution < 1.29 is 35.0 Å². The van der Waals surface area contributed by atoms with E-state index >= 15 is 0 Å². The molecule has 1 aromatic heterocycles. The Kier molecular flexibility index (Phi) is 6.68. The van der Waals surface area contributed by atoms with Crippen molar-refractivity contribution in [3.63, 3.8) is 0 Å². The minimum absolute atomic E-state index is 0.0279. The zero-order valence-electron chi connectivity index (χ0n) is 19.0. The fourth-order valence-corrected chi connectivity index (χ4v) is 4.06. The summed E-state index contributed by atoms with van der Waals surface area (Å²) in [5.41, 5.74) is 1.65. The van der Waals surface area contributed by atoms with Crippen LogP contribution in [0.25, 0.3) is 28.5 Å². The molecule has 1 saturated heterocycles. The van der Waals surface area contributed by atoms with E-state index in [9.17, 15) is 25.5 Å². The number of aromatic nitrogens is 3. The lowest BCUT2D eigenvalue weighted by Crippen LogP contribution is -2.60. The Morgan fingerprint density at radius 3 is 2.19 bits per heavy atom. The third kappa shape index (κ3) is 4.43. The number of hydrogen-bond acceptors (Lipinski definition) is 9. The maximum absolute atomic E-state index is 10.5. The number of benzene rings is 3. The van der Waals surface area contributed by atoms with Crippen LogP contribution < -0.4 is 4.74 Å². The van der Waals surface area contributed by atoms with Gasteiger partial charge in [0.25, 0.3) is 0 Å². The van der Waals surface area contributed by atoms with Crippen LogP contribution in [-0.2, 0) is 4.74 Å². The van der Waals surface area contributed by atoms with E-state index in [1.807, 2.05) is 30.3 Å². The summed E-state index contributed by atoms with van der Waals surface area (Å²) in [5, 5.41) is 55.2. The second-order valence-corrected chi connectivity index (χ2v) is 8.33. The monoisotopic (exact) mass is 491 g/mol. The molecule has 186 valence electrons. The standard InChI is InChI=1S/C26H25N3O7/c30-14-20-21(32)22(33)23(34)26(36-20)35-19-13-7-5-11-17(19)25-27-24(16-10-4-6-12-18(16)31)28-29(25)15-8-2-1-3-9-15/h1-13,20-23,26,30-34H,14H2/t20-,21+,22+,23-,26?/m1/s1. The van der Waals surface area contributed by atoms with Crippen molar-refractivity contribution in [2.24, 2.45) is 0 Å². The molecule has 1 aliphatic rings. The molecule has 5 N–H and O–H groups in total. The van der Waals surface area contributed by atoms with Crippen molar-refractivity contribution >= 4 is 0 Å². The van der Waals surface area contributed by atoms with Gasteiger partial charge in [0.1, 0.15) is 35.9 Å². The van der Waals surface area contributed by atoms with E-state index in [-0.39, 0.29) is 17.3 Å². The zero-order valence-corrected chi connectivity index (χ0v) is 19.0. The van der Waals surface area contributed by atoms with Crippen molar-refractivity contribution in [1.82, 2.24) is 14.8 Å². The molecule has 0 bridgehead atoms. The number of ether oxygens (including phenoxy) is 2. The highest BCUT2D eigenvalue weighted by Crippen LogP contribution is 2.35. The molecule has 4 aromatic rings. The fraction of sp³-hybridized carbons (Fsp3) is 0.231. The van der Waals surface area contributed by atoms with Gasteiger partial charge in [-0.25, -0.2) is 9.67 Å². The highest BCUT2D eigenvalue weighted by molar-refractivity contribution is 5.71. The molecule has 1 aliphatic heterocycles. The van der Waals surface area contributed by atoms with E-state index in [4.69, 9.17) is 14.5 Å². The molecule has 10 nitrogen and oxygen atoms in total. The second-order valence-electron chi connectivity index (χ2n) is 8.33. The average molecular weight is 492 g/mol. The zero-order chi connectivity index (χ0) is 25.2. The quantitative estimate of drug-likeness (QED) is 0.270. The van der Waals surface area contributed by atoms with Gasteiger partial charge in [-0.1, -0.05) is 42.5 Å². The first-order valence-corrected chi connectivity index (χ1v) is 11.4. The van der Waals surface area contributed by atoms with Gasteiger partial charge in [-0.2, -0.15) is 0 Å². The van der Waals surface area contributed by atoms with Gasteiger partial charge in [0.2, 0.25) is 6.29 Å². The van der Waals surface area contributed by atoms with Crippen LogP contribution in [0.3, 0.4) is 0 Å². The van der Waals surface area contributed by atoms with E-state index in [2.05, 4.69) is 5.10 Å². The molecule has 2 heterocycles. The van der Waals surface area contributed by atoms with Crippen molar-refractivity contribution in [3.05, 3.63) is 78.9 Å². The maximum Gasteiger partial charge on any atom is 0.229 e. The summed E-state index contributed by atoms with van der Waals surface area (Å²) in [6, 6.07) is 22.9. The molecule has 0 saturated carbocycles. The predicted molar refractivity (Wildman–Crippen MR) is 128 cm³/mol. The van der Waals surface area contributed by atoms with E-state index in [1.54, 1.807) is 53.2 Å². The van der Waals surface area contributed by atoms with E-state index in [0.29, 0.717) is 22.6 Å². The van der Waals surface area contributed by atoms with Crippen molar-refractivity contribution in [1.29, 1.82) is 0 Å². The summed E-state index contributed by atoms with van der Waals surface area (Å²) in [7, 11) is 0. The van der Waals surface area contributed by atoms with E-state index < -0.39 is 37.3 Å². The number of aliphatic hydroxyl groups excluding tert-OH is 4. The summed E-state index contributed by atoms with van der Waals surface area (Å²) in [5.74, 6) is 0.963. The second kappa shape index (κ2) is 10.1. The first-order valence-electron chi connectivity index (χ1n) is 11.4. The molecular weight excluding hydrogens is 466 g/mol. The molecule has 3 aromatic carbocycles. The molecule has 5 rings (SSSR count). The molecule has 36 heavy (non-hydrogen) atoms. The third-order valence-electron chi connectivity index (χ3n) is 5.97. The molecule has 5 atom stereocenters. The number of aromatic hydroxyl groups is 1. The van der Waals surface area contributed by atoms with Crippen LogP contribution in [0.1, 0.15) is 0 Å². The largest absolute Gasteiger partial charge is 0.507 e. The van der Waals surface area contributed by atoms with Crippen LogP contribution in [-0.4, -0.2) is 77.6 Å². The average Bonchev–Trinajstić information content (AvgIpc) is 3.35. The molecule has 0 radical (unpaired) electrons. The summed E-state index contributed by atoms with van der Waals surface area (Å²) in [6.45, 7) is -0.571. The van der Waals surface area contributed by atoms with Crippen molar-refractivity contribution in [2.45, 2.75) is 30.7 Å². The lowest BCUT2D eigenvalue weighted by Gasteiger charge is -2.39. The molecule has 1 fully saturated rings. The van der Waals surface area contributed by atoms with Crippen molar-refractivity contribution in [3.8, 4) is 40.0 Å². The maximum atomic E-state index is 10.5. The van der Waals surface area contributed by atoms with Gasteiger partial charge in [0, 0.05) is 0 Å². The normalized spacial score (nSPS) is 23.9. The van der Waals surface area contributed by atoms with Crippen LogP contribution in [0, 0.1) is 0 Å². The van der Waals surface area contributed by atoms with Crippen molar-refractivity contribution in [2.75, 3.05) is 6.61 Å². The highest BCUT2D eigenvalue weighted by Gasteiger charge is 2.45. The first kappa shape index (κ1) is 23.9. The number of hydrogen-bond donors (Lipinski definition) is 5. The van der Waals surface area contributed by atoms with E-state index in [1.165, 1.54) is 0 Å². The van der Waals surface area contributed by atoms with Gasteiger partial charge in [0.15, 0.2) is 11.6 Å². The van der Waals surface area contributed by atoms with Gasteiger partial charge in [-0.15, -0.1) is 5.10 Å². The smallest absolute Gasteiger partial charge is 0.229 e. The lowest BCUT2D eigenvalue weighted by atomic mass is 9.99. The summed E-state index contributed by atoms with van der Waals surface area (Å²) in [4.78, 5) is 4.70. The van der Waals surface area contributed by atoms with Crippen LogP contribution in [0.5, 0.6) is 11.5 Å². The molecule has 10 heteroatoms. The third-order valence-corrected chi connectivity index (χ3v) is 5.97. The van der Waals surface area contributed by atoms with Gasteiger partial charge in [0.05, 0.1) is 23.4 Å². The van der Waals surface area contributed by atoms with Gasteiger partial charge in [-0.3, -0.25) is 0 Å². The summed E-state index contributed by atoms with van der Waals surface area (Å²) < 4.78 is 13.1. The summed E-state index contributed by atoms with van der Waals surface area (Å²) in [6.07, 6.45) is -7.12. The number of nitrogens with zero attached hydrogens (tertiary/aromatic N) is 3. The molecule has 0 amide bonds. The number of phenolic OH excluding ortho intramolecular Hbond substituents is 1. The Hall–Kier alpha value is -3.80. The Labute approximate surface area is 206 Å². The fourth-order valence-electron chi connectivity index (χ4n) is 4.06. The minimum Gasteiger partial charge on any atom is -0.507 e. The van der Waals surface area contributed by atoms with Crippen LogP contribution >= 0.6 is 0 Å². The molecular formula is C26H25N3O7. The van der Waals surface area contributed by atoms with Crippen LogP contribution in [0.15, 0.2) is 78.9 Å². The molecule has 0 spiro atoms. The topological polar surface area (TPSA) is 150 Å². The molecule has 0 aliphatic carbocycles. The Balaban J connectivity index is 1.59. The van der Waals surface area contributed by atoms with Crippen LogP contribution in [0.4, 0.5) is 0 Å². The number of para-hydroxylation sites is 3. The minimum atomic E-state index is -1.58. The van der Waals surface area contributed by atoms with Gasteiger partial charge >= 0.3 is 0 Å². The number of phenols is 1. The first-order chi connectivity index (χ1) is 17.5. The highest BCUT2D eigenvalue weighted by atomic mass is 16.7. The summed E-state index contributed by atoms with van der Waals surface area (Å²) >= 11 is 0. The van der Waals surface area contributed by atoms with E-state index in [0.717, 1.165) is 0 Å². The predicted octanol–water partition coefficient (Wildman–Crippen LogP) is 1.49. The van der Waals surface area contributed by atoms with Crippen LogP contribution in [0.2, 0.25) is 0 Å². The van der Waals surface area contributed by atoms with Gasteiger partial charge < -0.3 is 35.0 Å². The Bertz CT molecular complexity index is 1330. The SMILES string of the molecule is OC[C@H]1OC(Oc2ccccc2-c2nc(-c3ccccc3O)nn2-c2ccccc2)[C@H](O)[C@@H](O)[C@H]1O. The molecule has 1 unspecified atom stereocenters. The Morgan fingerprint density at radius 2 is 1.47 bits per heavy atom. The lowest BCUT2D eigenvalue weighted by molar-refractivity contribution is -0.277.